The minimum Gasteiger partial charge on any atom is -0.368 e. The van der Waals surface area contributed by atoms with E-state index in [1.807, 2.05) is 7.05 Å². The third kappa shape index (κ3) is 2.18. The van der Waals surface area contributed by atoms with Crippen molar-refractivity contribution in [2.75, 3.05) is 30.8 Å². The van der Waals surface area contributed by atoms with Crippen LogP contribution in [0.3, 0.4) is 0 Å². The predicted octanol–water partition coefficient (Wildman–Crippen LogP) is 1.69. The Labute approximate surface area is 126 Å². The number of nitrogens with two attached hydrogens (primary N) is 1. The molecule has 3 aliphatic rings. The molecule has 1 saturated carbocycles. The molecule has 114 valence electrons. The monoisotopic (exact) mass is 287 g/mol. The molecule has 1 aliphatic heterocycles. The van der Waals surface area contributed by atoms with E-state index in [9.17, 15) is 0 Å². The third-order valence-corrected chi connectivity index (χ3v) is 5.65. The second-order valence-corrected chi connectivity index (χ2v) is 6.85. The number of fused-ring (bicyclic) bond motifs is 3. The molecule has 5 nitrogen and oxygen atoms in total. The summed E-state index contributed by atoms with van der Waals surface area (Å²) >= 11 is 0. The van der Waals surface area contributed by atoms with E-state index in [1.54, 1.807) is 0 Å². The first-order valence-electron chi connectivity index (χ1n) is 8.34. The first-order valence-corrected chi connectivity index (χ1v) is 8.34. The van der Waals surface area contributed by atoms with E-state index in [1.165, 1.54) is 43.4 Å². The predicted molar refractivity (Wildman–Crippen MR) is 84.5 cm³/mol. The Balaban J connectivity index is 1.68. The van der Waals surface area contributed by atoms with E-state index >= 15 is 0 Å². The fourth-order valence-electron chi connectivity index (χ4n) is 4.39. The van der Waals surface area contributed by atoms with Gasteiger partial charge < -0.3 is 16.0 Å². The van der Waals surface area contributed by atoms with Gasteiger partial charge in [-0.05, 0) is 38.6 Å². The standard InChI is InChI=1S/C16H25N5/c1-18-11-8-21(9-11)15-13-7-6-10-4-2-3-5-12(10)14(13)19-16(17)20-15/h10-12,18H,2-9H2,1H3,(H2,17,19,20)/t10-,12-/m0/s1. The highest BCUT2D eigenvalue weighted by Gasteiger charge is 2.37. The van der Waals surface area contributed by atoms with Crippen LogP contribution in [0.2, 0.25) is 0 Å². The van der Waals surface area contributed by atoms with Crippen LogP contribution in [-0.4, -0.2) is 36.1 Å². The number of anilines is 2. The van der Waals surface area contributed by atoms with Gasteiger partial charge in [0.1, 0.15) is 5.82 Å². The maximum absolute atomic E-state index is 6.02. The Kier molecular flexibility index (Phi) is 3.25. The Bertz CT molecular complexity index is 538. The van der Waals surface area contributed by atoms with Crippen molar-refractivity contribution < 1.29 is 0 Å². The van der Waals surface area contributed by atoms with Crippen LogP contribution in [0.1, 0.15) is 49.3 Å². The number of nitrogens with one attached hydrogen (secondary N) is 1. The highest BCUT2D eigenvalue weighted by molar-refractivity contribution is 5.56. The molecule has 5 heteroatoms. The fraction of sp³-hybridized carbons (Fsp3) is 0.750. The molecule has 0 aromatic carbocycles. The summed E-state index contributed by atoms with van der Waals surface area (Å²) in [6.07, 6.45) is 7.82. The summed E-state index contributed by atoms with van der Waals surface area (Å²) in [6.45, 7) is 2.07. The van der Waals surface area contributed by atoms with Gasteiger partial charge >= 0.3 is 0 Å². The highest BCUT2D eigenvalue weighted by Crippen LogP contribution is 2.46. The zero-order valence-corrected chi connectivity index (χ0v) is 12.8. The number of aromatic nitrogens is 2. The molecule has 2 heterocycles. The van der Waals surface area contributed by atoms with Gasteiger partial charge in [-0.2, -0.15) is 4.98 Å². The quantitative estimate of drug-likeness (QED) is 0.866. The Morgan fingerprint density at radius 3 is 2.76 bits per heavy atom. The molecule has 4 rings (SSSR count). The van der Waals surface area contributed by atoms with E-state index in [0.29, 0.717) is 17.9 Å². The van der Waals surface area contributed by atoms with Crippen LogP contribution in [0.4, 0.5) is 11.8 Å². The molecule has 3 N–H and O–H groups in total. The summed E-state index contributed by atoms with van der Waals surface area (Å²) in [7, 11) is 2.03. The Morgan fingerprint density at radius 1 is 1.14 bits per heavy atom. The van der Waals surface area contributed by atoms with E-state index in [4.69, 9.17) is 5.73 Å². The topological polar surface area (TPSA) is 67.1 Å². The van der Waals surface area contributed by atoms with Crippen molar-refractivity contribution in [2.24, 2.45) is 5.92 Å². The lowest BCUT2D eigenvalue weighted by molar-refractivity contribution is 0.270. The summed E-state index contributed by atoms with van der Waals surface area (Å²) < 4.78 is 0. The molecule has 21 heavy (non-hydrogen) atoms. The molecule has 0 radical (unpaired) electrons. The van der Waals surface area contributed by atoms with Crippen LogP contribution in [0.25, 0.3) is 0 Å². The highest BCUT2D eigenvalue weighted by atomic mass is 15.3. The van der Waals surface area contributed by atoms with Gasteiger partial charge in [0.15, 0.2) is 0 Å². The number of likely N-dealkylation sites (N-methyl/N-ethyl adjacent to an activating group) is 1. The minimum atomic E-state index is 0.461. The van der Waals surface area contributed by atoms with E-state index < -0.39 is 0 Å². The molecule has 0 amide bonds. The molecule has 1 aromatic heterocycles. The van der Waals surface area contributed by atoms with Gasteiger partial charge in [-0.25, -0.2) is 4.98 Å². The number of rotatable bonds is 2. The number of nitrogens with zero attached hydrogens (tertiary/aromatic N) is 3. The first kappa shape index (κ1) is 13.3. The van der Waals surface area contributed by atoms with Crippen molar-refractivity contribution in [3.05, 3.63) is 11.3 Å². The first-order chi connectivity index (χ1) is 10.3. The van der Waals surface area contributed by atoms with Crippen LogP contribution < -0.4 is 16.0 Å². The SMILES string of the molecule is CNC1CN(c2nc(N)nc3c2CC[C@@H]2CCCC[C@H]32)C1. The number of hydrogen-bond acceptors (Lipinski definition) is 5. The largest absolute Gasteiger partial charge is 0.368 e. The molecular formula is C16H25N5. The van der Waals surface area contributed by atoms with Crippen molar-refractivity contribution in [1.29, 1.82) is 0 Å². The molecule has 2 atom stereocenters. The van der Waals surface area contributed by atoms with Gasteiger partial charge in [0.25, 0.3) is 0 Å². The van der Waals surface area contributed by atoms with E-state index in [-0.39, 0.29) is 0 Å². The average molecular weight is 287 g/mol. The van der Waals surface area contributed by atoms with Crippen LogP contribution in [-0.2, 0) is 6.42 Å². The Morgan fingerprint density at radius 2 is 1.95 bits per heavy atom. The molecule has 1 saturated heterocycles. The van der Waals surface area contributed by atoms with Gasteiger partial charge in [-0.15, -0.1) is 0 Å². The molecule has 2 fully saturated rings. The van der Waals surface area contributed by atoms with Gasteiger partial charge in [0, 0.05) is 30.6 Å². The van der Waals surface area contributed by atoms with Crippen molar-refractivity contribution in [3.8, 4) is 0 Å². The summed E-state index contributed by atoms with van der Waals surface area (Å²) in [6, 6.07) is 0.586. The molecule has 0 spiro atoms. The van der Waals surface area contributed by atoms with Crippen molar-refractivity contribution >= 4 is 11.8 Å². The maximum atomic E-state index is 6.02. The van der Waals surface area contributed by atoms with Crippen LogP contribution in [0.15, 0.2) is 0 Å². The van der Waals surface area contributed by atoms with Crippen molar-refractivity contribution in [3.63, 3.8) is 0 Å². The van der Waals surface area contributed by atoms with Crippen molar-refractivity contribution in [2.45, 2.75) is 50.5 Å². The Hall–Kier alpha value is -1.36. The van der Waals surface area contributed by atoms with Crippen LogP contribution in [0.5, 0.6) is 0 Å². The normalized spacial score (nSPS) is 28.7. The van der Waals surface area contributed by atoms with E-state index in [2.05, 4.69) is 20.2 Å². The third-order valence-electron chi connectivity index (χ3n) is 5.65. The zero-order chi connectivity index (χ0) is 14.4. The molecule has 0 unspecified atom stereocenters. The summed E-state index contributed by atoms with van der Waals surface area (Å²) in [5, 5.41) is 3.32. The van der Waals surface area contributed by atoms with Crippen LogP contribution in [0, 0.1) is 5.92 Å². The second kappa shape index (κ2) is 5.13. The average Bonchev–Trinajstić information content (AvgIpc) is 2.46. The number of nitrogen functional groups attached to an aromatic ring is 1. The molecule has 1 aromatic rings. The minimum absolute atomic E-state index is 0.461. The maximum Gasteiger partial charge on any atom is 0.222 e. The molecule has 2 aliphatic carbocycles. The van der Waals surface area contributed by atoms with Gasteiger partial charge in [-0.3, -0.25) is 0 Å². The molecule has 0 bridgehead atoms. The summed E-state index contributed by atoms with van der Waals surface area (Å²) in [5.74, 6) is 3.04. The van der Waals surface area contributed by atoms with Gasteiger partial charge in [0.2, 0.25) is 5.95 Å². The van der Waals surface area contributed by atoms with Gasteiger partial charge in [-0.1, -0.05) is 12.8 Å². The lowest BCUT2D eigenvalue weighted by atomic mass is 9.70. The van der Waals surface area contributed by atoms with Gasteiger partial charge in [0.05, 0.1) is 5.69 Å². The second-order valence-electron chi connectivity index (χ2n) is 6.85. The lowest BCUT2D eigenvalue weighted by Crippen LogP contribution is -2.57. The zero-order valence-electron chi connectivity index (χ0n) is 12.8. The molecular weight excluding hydrogens is 262 g/mol. The van der Waals surface area contributed by atoms with Crippen molar-refractivity contribution in [1.82, 2.24) is 15.3 Å². The summed E-state index contributed by atoms with van der Waals surface area (Å²) in [5.41, 5.74) is 8.69. The smallest absolute Gasteiger partial charge is 0.222 e. The van der Waals surface area contributed by atoms with E-state index in [0.717, 1.165) is 31.2 Å². The lowest BCUT2D eigenvalue weighted by Gasteiger charge is -2.43. The number of hydrogen-bond donors (Lipinski definition) is 2. The fourth-order valence-corrected chi connectivity index (χ4v) is 4.39. The van der Waals surface area contributed by atoms with Crippen LogP contribution >= 0.6 is 0 Å². The summed E-state index contributed by atoms with van der Waals surface area (Å²) in [4.78, 5) is 11.6.